The van der Waals surface area contributed by atoms with Crippen LogP contribution >= 0.6 is 11.3 Å². The van der Waals surface area contributed by atoms with Gasteiger partial charge in [0.05, 0.1) is 6.54 Å². The molecule has 3 nitrogen and oxygen atoms in total. The van der Waals surface area contributed by atoms with Gasteiger partial charge in [-0.1, -0.05) is 6.07 Å². The van der Waals surface area contributed by atoms with Crippen molar-refractivity contribution in [3.63, 3.8) is 0 Å². The molecule has 1 N–H and O–H groups in total. The van der Waals surface area contributed by atoms with Gasteiger partial charge in [0.25, 0.3) is 0 Å². The largest absolute Gasteiger partial charge is 0.465 e. The van der Waals surface area contributed by atoms with E-state index < -0.39 is 0 Å². The van der Waals surface area contributed by atoms with Gasteiger partial charge in [-0.3, -0.25) is 4.90 Å². The molecule has 0 spiro atoms. The first-order valence-electron chi connectivity index (χ1n) is 6.62. The van der Waals surface area contributed by atoms with Crippen LogP contribution in [-0.4, -0.2) is 25.5 Å². The highest BCUT2D eigenvalue weighted by Gasteiger charge is 2.09. The predicted octanol–water partition coefficient (Wildman–Crippen LogP) is 3.04. The van der Waals surface area contributed by atoms with Crippen molar-refractivity contribution >= 4 is 11.3 Å². The molecule has 19 heavy (non-hydrogen) atoms. The van der Waals surface area contributed by atoms with E-state index in [1.807, 2.05) is 25.3 Å². The van der Waals surface area contributed by atoms with Crippen LogP contribution in [0.25, 0.3) is 0 Å². The third-order valence-electron chi connectivity index (χ3n) is 3.18. The molecule has 0 aliphatic carbocycles. The number of hydrogen-bond donors (Lipinski definition) is 1. The minimum absolute atomic E-state index is 0.869. The minimum Gasteiger partial charge on any atom is -0.465 e. The van der Waals surface area contributed by atoms with Crippen LogP contribution in [0.1, 0.15) is 22.0 Å². The molecule has 2 aromatic rings. The normalized spacial score (nSPS) is 11.4. The number of furan rings is 1. The SMILES string of the molecule is CNCc1cc(CN(C)CCc2cccs2)oc1C. The lowest BCUT2D eigenvalue weighted by molar-refractivity contribution is 0.296. The Morgan fingerprint density at radius 1 is 1.42 bits per heavy atom. The molecule has 0 saturated heterocycles. The summed E-state index contributed by atoms with van der Waals surface area (Å²) in [7, 11) is 4.10. The summed E-state index contributed by atoms with van der Waals surface area (Å²) in [6.45, 7) is 4.83. The van der Waals surface area contributed by atoms with Gasteiger partial charge in [0.15, 0.2) is 0 Å². The summed E-state index contributed by atoms with van der Waals surface area (Å²) < 4.78 is 5.80. The van der Waals surface area contributed by atoms with Crippen molar-refractivity contribution in [2.75, 3.05) is 20.6 Å². The van der Waals surface area contributed by atoms with Crippen LogP contribution in [0.5, 0.6) is 0 Å². The molecule has 0 aromatic carbocycles. The van der Waals surface area contributed by atoms with Gasteiger partial charge in [0.2, 0.25) is 0 Å². The number of aryl methyl sites for hydroxylation is 1. The third-order valence-corrected chi connectivity index (χ3v) is 4.12. The van der Waals surface area contributed by atoms with Crippen molar-refractivity contribution in [3.8, 4) is 0 Å². The van der Waals surface area contributed by atoms with Crippen molar-refractivity contribution in [1.29, 1.82) is 0 Å². The molecular weight excluding hydrogens is 256 g/mol. The molecule has 4 heteroatoms. The first-order valence-corrected chi connectivity index (χ1v) is 7.50. The number of thiophene rings is 1. The van der Waals surface area contributed by atoms with Crippen molar-refractivity contribution < 1.29 is 4.42 Å². The Labute approximate surface area is 119 Å². The molecule has 0 atom stereocenters. The molecule has 2 rings (SSSR count). The van der Waals surface area contributed by atoms with E-state index in [9.17, 15) is 0 Å². The van der Waals surface area contributed by atoms with Crippen LogP contribution in [0, 0.1) is 6.92 Å². The molecule has 2 heterocycles. The molecule has 2 aromatic heterocycles. The van der Waals surface area contributed by atoms with Gasteiger partial charge in [-0.2, -0.15) is 0 Å². The molecular formula is C15H22N2OS. The molecule has 0 aliphatic heterocycles. The topological polar surface area (TPSA) is 28.4 Å². The fourth-order valence-electron chi connectivity index (χ4n) is 2.13. The first kappa shape index (κ1) is 14.3. The van der Waals surface area contributed by atoms with Crippen LogP contribution in [0.2, 0.25) is 0 Å². The monoisotopic (exact) mass is 278 g/mol. The molecule has 104 valence electrons. The zero-order valence-corrected chi connectivity index (χ0v) is 12.7. The van der Waals surface area contributed by atoms with Gasteiger partial charge in [0, 0.05) is 23.5 Å². The van der Waals surface area contributed by atoms with E-state index in [1.54, 1.807) is 0 Å². The Bertz CT molecular complexity index is 490. The molecule has 0 fully saturated rings. The molecule has 0 saturated carbocycles. The molecule has 0 bridgehead atoms. The minimum atomic E-state index is 0.869. The van der Waals surface area contributed by atoms with E-state index in [2.05, 4.69) is 40.8 Å². The quantitative estimate of drug-likeness (QED) is 0.844. The lowest BCUT2D eigenvalue weighted by atomic mass is 10.2. The average molecular weight is 278 g/mol. The van der Waals surface area contributed by atoms with Crippen molar-refractivity contribution in [3.05, 3.63) is 45.5 Å². The van der Waals surface area contributed by atoms with Crippen molar-refractivity contribution in [2.24, 2.45) is 0 Å². The van der Waals surface area contributed by atoms with Gasteiger partial charge < -0.3 is 9.73 Å². The second kappa shape index (κ2) is 6.89. The molecule has 0 unspecified atom stereocenters. The Hall–Kier alpha value is -1.10. The highest BCUT2D eigenvalue weighted by molar-refractivity contribution is 7.09. The van der Waals surface area contributed by atoms with Crippen LogP contribution in [-0.2, 0) is 19.5 Å². The van der Waals surface area contributed by atoms with E-state index in [4.69, 9.17) is 4.42 Å². The van der Waals surface area contributed by atoms with Gasteiger partial charge in [-0.05, 0) is 45.0 Å². The molecule has 0 radical (unpaired) electrons. The number of nitrogens with one attached hydrogen (secondary N) is 1. The maximum atomic E-state index is 5.80. The second-order valence-corrected chi connectivity index (χ2v) is 5.92. The predicted molar refractivity (Wildman–Crippen MR) is 80.6 cm³/mol. The van der Waals surface area contributed by atoms with Crippen LogP contribution in [0.15, 0.2) is 28.0 Å². The lowest BCUT2D eigenvalue weighted by Gasteiger charge is -2.14. The number of nitrogens with zero attached hydrogens (tertiary/aromatic N) is 1. The Morgan fingerprint density at radius 2 is 2.26 bits per heavy atom. The lowest BCUT2D eigenvalue weighted by Crippen LogP contribution is -2.20. The van der Waals surface area contributed by atoms with Crippen LogP contribution in [0.3, 0.4) is 0 Å². The highest BCUT2D eigenvalue weighted by atomic mass is 32.1. The summed E-state index contributed by atoms with van der Waals surface area (Å²) in [5.74, 6) is 2.08. The van der Waals surface area contributed by atoms with E-state index >= 15 is 0 Å². The standard InChI is InChI=1S/C15H22N2OS/c1-12-13(10-16-2)9-14(18-12)11-17(3)7-6-15-5-4-8-19-15/h4-5,8-9,16H,6-7,10-11H2,1-3H3. The van der Waals surface area contributed by atoms with Crippen LogP contribution in [0.4, 0.5) is 0 Å². The van der Waals surface area contributed by atoms with Crippen molar-refractivity contribution in [1.82, 2.24) is 10.2 Å². The van der Waals surface area contributed by atoms with Crippen LogP contribution < -0.4 is 5.32 Å². The Kier molecular flexibility index (Phi) is 5.19. The van der Waals surface area contributed by atoms with E-state index in [0.29, 0.717) is 0 Å². The Morgan fingerprint density at radius 3 is 2.95 bits per heavy atom. The smallest absolute Gasteiger partial charge is 0.118 e. The average Bonchev–Trinajstić information content (AvgIpc) is 2.98. The fourth-order valence-corrected chi connectivity index (χ4v) is 2.83. The zero-order chi connectivity index (χ0) is 13.7. The van der Waals surface area contributed by atoms with Crippen molar-refractivity contribution in [2.45, 2.75) is 26.4 Å². The summed E-state index contributed by atoms with van der Waals surface area (Å²) in [4.78, 5) is 3.75. The van der Waals surface area contributed by atoms with Gasteiger partial charge in [0.1, 0.15) is 11.5 Å². The molecule has 0 aliphatic rings. The second-order valence-electron chi connectivity index (χ2n) is 4.89. The fraction of sp³-hybridized carbons (Fsp3) is 0.467. The zero-order valence-electron chi connectivity index (χ0n) is 11.9. The number of likely N-dealkylation sites (N-methyl/N-ethyl adjacent to an activating group) is 1. The van der Waals surface area contributed by atoms with E-state index in [-0.39, 0.29) is 0 Å². The maximum absolute atomic E-state index is 5.80. The first-order chi connectivity index (χ1) is 9.19. The summed E-state index contributed by atoms with van der Waals surface area (Å²) >= 11 is 1.83. The Balaban J connectivity index is 1.84. The molecule has 0 amide bonds. The summed E-state index contributed by atoms with van der Waals surface area (Å²) in [6, 6.07) is 6.47. The maximum Gasteiger partial charge on any atom is 0.118 e. The van der Waals surface area contributed by atoms with Gasteiger partial charge in [-0.25, -0.2) is 0 Å². The summed E-state index contributed by atoms with van der Waals surface area (Å²) in [6.07, 6.45) is 1.11. The third kappa shape index (κ3) is 4.20. The van der Waals surface area contributed by atoms with E-state index in [0.717, 1.165) is 37.6 Å². The number of hydrogen-bond acceptors (Lipinski definition) is 4. The van der Waals surface area contributed by atoms with E-state index in [1.165, 1.54) is 10.4 Å². The highest BCUT2D eigenvalue weighted by Crippen LogP contribution is 2.16. The van der Waals surface area contributed by atoms with Gasteiger partial charge in [-0.15, -0.1) is 11.3 Å². The summed E-state index contributed by atoms with van der Waals surface area (Å²) in [5, 5.41) is 5.30. The summed E-state index contributed by atoms with van der Waals surface area (Å²) in [5.41, 5.74) is 1.25. The van der Waals surface area contributed by atoms with Gasteiger partial charge >= 0.3 is 0 Å². The number of rotatable bonds is 7.